The van der Waals surface area contributed by atoms with Gasteiger partial charge in [0.15, 0.2) is 5.82 Å². The Morgan fingerprint density at radius 2 is 2.04 bits per heavy atom. The number of hydrogen-bond donors (Lipinski definition) is 2. The van der Waals surface area contributed by atoms with Gasteiger partial charge in [-0.15, -0.1) is 0 Å². The van der Waals surface area contributed by atoms with Gasteiger partial charge in [0.05, 0.1) is 17.5 Å². The van der Waals surface area contributed by atoms with Gasteiger partial charge in [-0.2, -0.15) is 9.97 Å². The SMILES string of the molecule is CC1CN2C[C@@](C)(C1)NC(=O)OCCCc1c(F)ccc3cc(O)cc(c13)-c1ncc3c2nc(OC[C@@H]2C[C@@H](F)CN2C)nc3c1F. The molecular weight excluding hydrogens is 613 g/mol. The van der Waals surface area contributed by atoms with Crippen molar-refractivity contribution in [1.29, 1.82) is 0 Å². The van der Waals surface area contributed by atoms with Gasteiger partial charge in [-0.25, -0.2) is 18.0 Å². The molecule has 10 nitrogen and oxygen atoms in total. The molecule has 4 aliphatic rings. The van der Waals surface area contributed by atoms with Crippen molar-refractivity contribution in [2.24, 2.45) is 5.92 Å². The highest BCUT2D eigenvalue weighted by Crippen LogP contribution is 2.40. The fraction of sp³-hybridized carbons (Fsp3) is 0.471. The van der Waals surface area contributed by atoms with Crippen LogP contribution >= 0.6 is 0 Å². The van der Waals surface area contributed by atoms with Crippen molar-refractivity contribution < 1.29 is 32.5 Å². The molecule has 2 aromatic carbocycles. The van der Waals surface area contributed by atoms with E-state index in [2.05, 4.69) is 22.2 Å². The number of nitrogens with one attached hydrogen (secondary N) is 1. The number of halogens is 3. The predicted molar refractivity (Wildman–Crippen MR) is 170 cm³/mol. The number of carbonyl (C=O) groups excluding carboxylic acids is 1. The Morgan fingerprint density at radius 3 is 2.83 bits per heavy atom. The Labute approximate surface area is 269 Å². The van der Waals surface area contributed by atoms with E-state index in [4.69, 9.17) is 14.5 Å². The number of nitrogens with zero attached hydrogens (tertiary/aromatic N) is 5. The number of amides is 1. The molecule has 248 valence electrons. The van der Waals surface area contributed by atoms with E-state index in [1.165, 1.54) is 30.5 Å². The molecule has 2 N–H and O–H groups in total. The normalized spacial score (nSPS) is 25.3. The van der Waals surface area contributed by atoms with Gasteiger partial charge in [0, 0.05) is 37.4 Å². The molecule has 4 atom stereocenters. The van der Waals surface area contributed by atoms with E-state index < -0.39 is 29.4 Å². The molecule has 0 saturated carbocycles. The van der Waals surface area contributed by atoms with Crippen molar-refractivity contribution >= 4 is 33.6 Å². The number of likely N-dealkylation sites (N-methyl/N-ethyl adjacent to an activating group) is 1. The Bertz CT molecular complexity index is 1880. The van der Waals surface area contributed by atoms with E-state index in [1.54, 1.807) is 0 Å². The molecule has 47 heavy (non-hydrogen) atoms. The zero-order valence-electron chi connectivity index (χ0n) is 26.5. The number of carbonyl (C=O) groups is 1. The van der Waals surface area contributed by atoms with E-state index in [-0.39, 0.29) is 65.7 Å². The smallest absolute Gasteiger partial charge is 0.407 e. The molecule has 0 radical (unpaired) electrons. The van der Waals surface area contributed by atoms with Crippen LogP contribution in [0, 0.1) is 17.6 Å². The van der Waals surface area contributed by atoms with Gasteiger partial charge in [-0.05, 0) is 80.1 Å². The van der Waals surface area contributed by atoms with Crippen molar-refractivity contribution in [2.75, 3.05) is 44.8 Å². The number of hydrogen-bond acceptors (Lipinski definition) is 9. The lowest BCUT2D eigenvalue weighted by Crippen LogP contribution is -2.59. The van der Waals surface area contributed by atoms with Crippen molar-refractivity contribution in [3.05, 3.63) is 47.7 Å². The average Bonchev–Trinajstić information content (AvgIpc) is 3.34. The summed E-state index contributed by atoms with van der Waals surface area (Å²) in [4.78, 5) is 30.6. The molecule has 4 aromatic rings. The van der Waals surface area contributed by atoms with Crippen LogP contribution in [0.3, 0.4) is 0 Å². The molecular formula is C34H37F3N6O4. The van der Waals surface area contributed by atoms with Crippen LogP contribution in [0.5, 0.6) is 11.8 Å². The fourth-order valence-electron chi connectivity index (χ4n) is 7.53. The molecule has 2 fully saturated rings. The van der Waals surface area contributed by atoms with Crippen LogP contribution < -0.4 is 15.0 Å². The molecule has 13 heteroatoms. The molecule has 2 saturated heterocycles. The molecule has 6 bridgehead atoms. The van der Waals surface area contributed by atoms with E-state index in [1.807, 2.05) is 23.8 Å². The summed E-state index contributed by atoms with van der Waals surface area (Å²) in [7, 11) is 1.82. The van der Waals surface area contributed by atoms with Crippen LogP contribution in [0.2, 0.25) is 0 Å². The van der Waals surface area contributed by atoms with E-state index in [0.717, 1.165) is 0 Å². The third kappa shape index (κ3) is 5.97. The second-order valence-corrected chi connectivity index (χ2v) is 13.5. The number of benzene rings is 2. The Kier molecular flexibility index (Phi) is 7.97. The predicted octanol–water partition coefficient (Wildman–Crippen LogP) is 5.53. The number of anilines is 1. The van der Waals surface area contributed by atoms with Gasteiger partial charge in [0.1, 0.15) is 41.4 Å². The minimum Gasteiger partial charge on any atom is -0.508 e. The second-order valence-electron chi connectivity index (χ2n) is 13.5. The van der Waals surface area contributed by atoms with Crippen LogP contribution in [0.25, 0.3) is 32.9 Å². The van der Waals surface area contributed by atoms with Crippen LogP contribution in [-0.2, 0) is 11.2 Å². The molecule has 0 aliphatic carbocycles. The van der Waals surface area contributed by atoms with Crippen LogP contribution in [-0.4, -0.2) is 88.7 Å². The summed E-state index contributed by atoms with van der Waals surface area (Å²) in [5, 5.41) is 14.9. The number of fused-ring (bicyclic) bond motifs is 6. The minimum atomic E-state index is -0.970. The van der Waals surface area contributed by atoms with Crippen LogP contribution in [0.1, 0.15) is 38.7 Å². The number of ether oxygens (including phenoxy) is 2. The molecule has 4 aliphatic heterocycles. The van der Waals surface area contributed by atoms with Gasteiger partial charge in [0.2, 0.25) is 0 Å². The summed E-state index contributed by atoms with van der Waals surface area (Å²) >= 11 is 0. The summed E-state index contributed by atoms with van der Waals surface area (Å²) in [6, 6.07) is 5.37. The van der Waals surface area contributed by atoms with E-state index in [0.29, 0.717) is 60.9 Å². The number of phenolic OH excluding ortho intramolecular Hbond substituents is 1. The van der Waals surface area contributed by atoms with Gasteiger partial charge < -0.3 is 24.8 Å². The molecule has 0 spiro atoms. The lowest BCUT2D eigenvalue weighted by molar-refractivity contribution is 0.126. The minimum absolute atomic E-state index is 0.0378. The zero-order valence-corrected chi connectivity index (χ0v) is 26.5. The molecule has 1 unspecified atom stereocenters. The monoisotopic (exact) mass is 650 g/mol. The number of aromatic nitrogens is 3. The average molecular weight is 651 g/mol. The molecule has 8 rings (SSSR count). The Morgan fingerprint density at radius 1 is 1.21 bits per heavy atom. The highest BCUT2D eigenvalue weighted by atomic mass is 19.1. The first-order valence-electron chi connectivity index (χ1n) is 16.0. The zero-order chi connectivity index (χ0) is 33.0. The number of aryl methyl sites for hydroxylation is 1. The summed E-state index contributed by atoms with van der Waals surface area (Å²) in [5.41, 5.74) is -0.425. The van der Waals surface area contributed by atoms with E-state index >= 15 is 8.78 Å². The number of piperidine rings is 1. The number of rotatable bonds is 3. The van der Waals surface area contributed by atoms with Gasteiger partial charge >= 0.3 is 12.1 Å². The number of likely N-dealkylation sites (tertiary alicyclic amines) is 1. The topological polar surface area (TPSA) is 113 Å². The maximum absolute atomic E-state index is 16.9. The maximum Gasteiger partial charge on any atom is 0.407 e. The lowest BCUT2D eigenvalue weighted by Gasteiger charge is -2.44. The summed E-state index contributed by atoms with van der Waals surface area (Å²) in [5.74, 6) is -0.958. The Balaban J connectivity index is 1.44. The summed E-state index contributed by atoms with van der Waals surface area (Å²) in [6.45, 7) is 5.29. The third-order valence-electron chi connectivity index (χ3n) is 9.47. The van der Waals surface area contributed by atoms with Crippen molar-refractivity contribution in [3.63, 3.8) is 0 Å². The molecule has 6 heterocycles. The third-order valence-corrected chi connectivity index (χ3v) is 9.47. The highest BCUT2D eigenvalue weighted by Gasteiger charge is 2.38. The second kappa shape index (κ2) is 12.0. The van der Waals surface area contributed by atoms with Crippen LogP contribution in [0.4, 0.5) is 23.8 Å². The van der Waals surface area contributed by atoms with Crippen molar-refractivity contribution in [2.45, 2.75) is 57.3 Å². The summed E-state index contributed by atoms with van der Waals surface area (Å²) < 4.78 is 58.0. The largest absolute Gasteiger partial charge is 0.508 e. The van der Waals surface area contributed by atoms with E-state index in [9.17, 15) is 14.3 Å². The number of alkyl carbamates (subject to hydrolysis) is 1. The summed E-state index contributed by atoms with van der Waals surface area (Å²) in [6.07, 6.45) is 1.38. The standard InChI is InChI=1S/C34H37F3N6O4/c1-18-12-34(2)17-43(14-18)31-25-13-38-29(28(37)30(25)39-32(40-31)47-16-21-10-20(35)15-42(21)3)24-11-22(44)9-19-6-7-26(36)23(27(19)24)5-4-8-46-33(45)41-34/h6-7,9,11,13,18,20-21,44H,4-5,8,10,12,14-17H2,1-3H3,(H,41,45)/t18?,20-,21+,34-/m1/s1. The highest BCUT2D eigenvalue weighted by molar-refractivity contribution is 6.01. The number of pyridine rings is 1. The lowest BCUT2D eigenvalue weighted by atomic mass is 9.85. The molecule has 2 aromatic heterocycles. The van der Waals surface area contributed by atoms with Crippen molar-refractivity contribution in [1.82, 2.24) is 25.2 Å². The Hall–Kier alpha value is -4.39. The quantitative estimate of drug-likeness (QED) is 0.296. The van der Waals surface area contributed by atoms with Gasteiger partial charge in [0.25, 0.3) is 0 Å². The van der Waals surface area contributed by atoms with Crippen LogP contribution in [0.15, 0.2) is 30.5 Å². The first kappa shape index (κ1) is 31.2. The first-order valence-corrected chi connectivity index (χ1v) is 16.0. The molecule has 1 amide bonds. The number of alkyl halides is 1. The van der Waals surface area contributed by atoms with Gasteiger partial charge in [-0.1, -0.05) is 13.0 Å². The van der Waals surface area contributed by atoms with Crippen molar-refractivity contribution in [3.8, 4) is 23.0 Å². The number of aromatic hydroxyl groups is 1. The number of phenols is 1. The first-order chi connectivity index (χ1) is 22.5. The van der Waals surface area contributed by atoms with Gasteiger partial charge in [-0.3, -0.25) is 9.88 Å². The fourth-order valence-corrected chi connectivity index (χ4v) is 7.53. The maximum atomic E-state index is 16.9.